The Balaban J connectivity index is 1.34. The monoisotopic (exact) mass is 493 g/mol. The van der Waals surface area contributed by atoms with Gasteiger partial charge in [-0.25, -0.2) is 0 Å². The number of nitrogens with one attached hydrogen (secondary N) is 1. The summed E-state index contributed by atoms with van der Waals surface area (Å²) in [6.07, 6.45) is 2.04. The van der Waals surface area contributed by atoms with Crippen molar-refractivity contribution < 1.29 is 23.4 Å². The van der Waals surface area contributed by atoms with Crippen LogP contribution in [-0.2, 0) is 11.2 Å². The number of fused-ring (bicyclic) bond motifs is 1. The number of carbonyl (C=O) groups is 1. The first kappa shape index (κ1) is 24.2. The van der Waals surface area contributed by atoms with E-state index in [2.05, 4.69) is 5.32 Å². The quantitative estimate of drug-likeness (QED) is 0.358. The summed E-state index contributed by atoms with van der Waals surface area (Å²) in [4.78, 5) is 25.1. The third kappa shape index (κ3) is 5.75. The second-order valence-corrected chi connectivity index (χ2v) is 8.16. The number of methoxy groups -OCH3 is 2. The summed E-state index contributed by atoms with van der Waals surface area (Å²) in [7, 11) is 3.16. The summed E-state index contributed by atoms with van der Waals surface area (Å²) in [5, 5.41) is 3.83. The summed E-state index contributed by atoms with van der Waals surface area (Å²) in [6, 6.07) is 17.5. The van der Waals surface area contributed by atoms with E-state index in [-0.39, 0.29) is 17.9 Å². The van der Waals surface area contributed by atoms with E-state index in [0.717, 1.165) is 11.1 Å². The fourth-order valence-electron chi connectivity index (χ4n) is 3.61. The molecular formula is C27H24ClNO6. The molecule has 0 radical (unpaired) electrons. The molecule has 0 saturated carbocycles. The minimum atomic E-state index is -0.259. The highest BCUT2D eigenvalue weighted by Crippen LogP contribution is 2.27. The number of halogens is 1. The van der Waals surface area contributed by atoms with Gasteiger partial charge in [-0.1, -0.05) is 29.8 Å². The molecular weight excluding hydrogens is 470 g/mol. The Morgan fingerprint density at radius 2 is 1.74 bits per heavy atom. The van der Waals surface area contributed by atoms with Gasteiger partial charge in [0.1, 0.15) is 17.6 Å². The molecule has 0 atom stereocenters. The smallest absolute Gasteiger partial charge is 0.257 e. The van der Waals surface area contributed by atoms with Crippen molar-refractivity contribution in [2.75, 3.05) is 27.4 Å². The Kier molecular flexibility index (Phi) is 7.57. The van der Waals surface area contributed by atoms with Crippen LogP contribution in [0, 0.1) is 0 Å². The van der Waals surface area contributed by atoms with E-state index in [0.29, 0.717) is 51.8 Å². The third-order valence-electron chi connectivity index (χ3n) is 5.46. The van der Waals surface area contributed by atoms with Gasteiger partial charge in [-0.15, -0.1) is 0 Å². The van der Waals surface area contributed by atoms with E-state index in [4.69, 9.17) is 30.2 Å². The lowest BCUT2D eigenvalue weighted by Gasteiger charge is -2.11. The van der Waals surface area contributed by atoms with Crippen molar-refractivity contribution >= 4 is 28.5 Å². The molecule has 0 unspecified atom stereocenters. The Morgan fingerprint density at radius 1 is 0.971 bits per heavy atom. The van der Waals surface area contributed by atoms with Gasteiger partial charge in [0, 0.05) is 17.6 Å². The average Bonchev–Trinajstić information content (AvgIpc) is 2.88. The number of benzene rings is 3. The van der Waals surface area contributed by atoms with Gasteiger partial charge in [0.2, 0.25) is 0 Å². The molecule has 8 heteroatoms. The number of hydrogen-bond donors (Lipinski definition) is 1. The van der Waals surface area contributed by atoms with Crippen LogP contribution in [-0.4, -0.2) is 33.3 Å². The van der Waals surface area contributed by atoms with Crippen LogP contribution in [0.4, 0.5) is 0 Å². The van der Waals surface area contributed by atoms with Crippen molar-refractivity contribution in [2.24, 2.45) is 0 Å². The van der Waals surface area contributed by atoms with Gasteiger partial charge >= 0.3 is 0 Å². The van der Waals surface area contributed by atoms with Crippen molar-refractivity contribution in [1.29, 1.82) is 0 Å². The zero-order chi connectivity index (χ0) is 24.8. The Labute approximate surface area is 207 Å². The molecule has 1 amide bonds. The van der Waals surface area contributed by atoms with Crippen molar-refractivity contribution in [3.63, 3.8) is 0 Å². The summed E-state index contributed by atoms with van der Waals surface area (Å²) in [5.41, 5.74) is 2.38. The molecule has 0 aliphatic rings. The van der Waals surface area contributed by atoms with Gasteiger partial charge in [-0.3, -0.25) is 9.59 Å². The Morgan fingerprint density at radius 3 is 2.49 bits per heavy atom. The maximum absolute atomic E-state index is 12.9. The fourth-order valence-corrected chi connectivity index (χ4v) is 3.74. The van der Waals surface area contributed by atoms with Crippen molar-refractivity contribution in [2.45, 2.75) is 6.42 Å². The fraction of sp³-hybridized carbons (Fsp3) is 0.185. The zero-order valence-electron chi connectivity index (χ0n) is 19.3. The summed E-state index contributed by atoms with van der Waals surface area (Å²) >= 11 is 5.93. The van der Waals surface area contributed by atoms with E-state index in [1.807, 2.05) is 18.2 Å². The minimum absolute atomic E-state index is 0.159. The molecule has 1 N–H and O–H groups in total. The van der Waals surface area contributed by atoms with Crippen LogP contribution in [0.15, 0.2) is 76.1 Å². The molecule has 0 spiro atoms. The predicted octanol–water partition coefficient (Wildman–Crippen LogP) is 4.87. The number of carbonyl (C=O) groups excluding carboxylic acids is 1. The molecule has 180 valence electrons. The Hall–Kier alpha value is -3.97. The topological polar surface area (TPSA) is 87.0 Å². The van der Waals surface area contributed by atoms with Crippen molar-refractivity contribution in [3.8, 4) is 28.4 Å². The second-order valence-electron chi connectivity index (χ2n) is 7.72. The molecule has 0 bridgehead atoms. The maximum atomic E-state index is 12.9. The van der Waals surface area contributed by atoms with Gasteiger partial charge in [0.25, 0.3) is 5.91 Å². The molecule has 7 nitrogen and oxygen atoms in total. The van der Waals surface area contributed by atoms with Gasteiger partial charge in [0.15, 0.2) is 23.5 Å². The lowest BCUT2D eigenvalue weighted by atomic mass is 10.1. The summed E-state index contributed by atoms with van der Waals surface area (Å²) in [6.45, 7) is 0.280. The van der Waals surface area contributed by atoms with Crippen molar-refractivity contribution in [3.05, 3.63) is 87.7 Å². The van der Waals surface area contributed by atoms with E-state index < -0.39 is 0 Å². The van der Waals surface area contributed by atoms with Crippen LogP contribution >= 0.6 is 11.6 Å². The molecule has 1 heterocycles. The average molecular weight is 494 g/mol. The highest BCUT2D eigenvalue weighted by molar-refractivity contribution is 6.30. The van der Waals surface area contributed by atoms with Crippen LogP contribution in [0.5, 0.6) is 17.2 Å². The standard InChI is InChI=1S/C27H24ClNO6/c1-32-23-10-3-17(13-25(23)33-2)11-12-29-26(30)16-34-20-8-9-21-24(14-20)35-15-22(27(21)31)18-4-6-19(28)7-5-18/h3-10,13-15H,11-12,16H2,1-2H3,(H,29,30). The predicted molar refractivity (Wildman–Crippen MR) is 135 cm³/mol. The van der Waals surface area contributed by atoms with Crippen LogP contribution in [0.2, 0.25) is 5.02 Å². The van der Waals surface area contributed by atoms with Crippen LogP contribution in [0.1, 0.15) is 5.56 Å². The number of hydrogen-bond acceptors (Lipinski definition) is 6. The van der Waals surface area contributed by atoms with Gasteiger partial charge < -0.3 is 23.9 Å². The van der Waals surface area contributed by atoms with Crippen LogP contribution in [0.3, 0.4) is 0 Å². The van der Waals surface area contributed by atoms with Crippen LogP contribution < -0.4 is 25.0 Å². The van der Waals surface area contributed by atoms with Crippen LogP contribution in [0.25, 0.3) is 22.1 Å². The highest BCUT2D eigenvalue weighted by atomic mass is 35.5. The maximum Gasteiger partial charge on any atom is 0.257 e. The summed E-state index contributed by atoms with van der Waals surface area (Å²) in [5.74, 6) is 1.46. The minimum Gasteiger partial charge on any atom is -0.493 e. The van der Waals surface area contributed by atoms with Gasteiger partial charge in [-0.05, 0) is 53.9 Å². The lowest BCUT2D eigenvalue weighted by Crippen LogP contribution is -2.30. The highest BCUT2D eigenvalue weighted by Gasteiger charge is 2.11. The molecule has 1 aromatic heterocycles. The molecule has 4 rings (SSSR count). The van der Waals surface area contributed by atoms with Crippen molar-refractivity contribution in [1.82, 2.24) is 5.32 Å². The molecule has 0 fully saturated rings. The first-order chi connectivity index (χ1) is 17.0. The van der Waals surface area contributed by atoms with E-state index in [1.54, 1.807) is 56.7 Å². The van der Waals surface area contributed by atoms with E-state index in [9.17, 15) is 9.59 Å². The summed E-state index contributed by atoms with van der Waals surface area (Å²) < 4.78 is 21.8. The first-order valence-corrected chi connectivity index (χ1v) is 11.3. The molecule has 3 aromatic carbocycles. The zero-order valence-corrected chi connectivity index (χ0v) is 20.1. The number of rotatable bonds is 9. The third-order valence-corrected chi connectivity index (χ3v) is 5.71. The SMILES string of the molecule is COc1ccc(CCNC(=O)COc2ccc3c(=O)c(-c4ccc(Cl)cc4)coc3c2)cc1OC. The van der Waals surface area contributed by atoms with Gasteiger partial charge in [-0.2, -0.15) is 0 Å². The van der Waals surface area contributed by atoms with E-state index in [1.165, 1.54) is 6.26 Å². The molecule has 0 saturated heterocycles. The normalized spacial score (nSPS) is 10.7. The number of ether oxygens (including phenoxy) is 3. The molecule has 0 aliphatic heterocycles. The lowest BCUT2D eigenvalue weighted by molar-refractivity contribution is -0.123. The largest absolute Gasteiger partial charge is 0.493 e. The first-order valence-electron chi connectivity index (χ1n) is 10.9. The molecule has 35 heavy (non-hydrogen) atoms. The van der Waals surface area contributed by atoms with Gasteiger partial charge in [0.05, 0.1) is 25.2 Å². The Bertz CT molecular complexity index is 1400. The van der Waals surface area contributed by atoms with E-state index >= 15 is 0 Å². The second kappa shape index (κ2) is 11.0. The molecule has 4 aromatic rings. The number of amides is 1. The molecule has 0 aliphatic carbocycles.